The maximum atomic E-state index is 2.52. The molecule has 2 nitrogen and oxygen atoms in total. The number of nitrogens with zero attached hydrogens (tertiary/aromatic N) is 2. The first-order valence-corrected chi connectivity index (χ1v) is 23.4. The summed E-state index contributed by atoms with van der Waals surface area (Å²) >= 11 is 0. The Morgan fingerprint density at radius 2 is 0.657 bits per heavy atom. The van der Waals surface area contributed by atoms with Crippen LogP contribution in [0.2, 0.25) is 0 Å². The van der Waals surface area contributed by atoms with Crippen molar-refractivity contribution in [3.05, 3.63) is 242 Å². The minimum atomic E-state index is -0.135. The normalized spacial score (nSPS) is 13.0. The van der Waals surface area contributed by atoms with Gasteiger partial charge in [0.2, 0.25) is 0 Å². The Bertz CT molecular complexity index is 3950. The maximum absolute atomic E-state index is 2.52. The van der Waals surface area contributed by atoms with Crippen molar-refractivity contribution in [2.24, 2.45) is 0 Å². The van der Waals surface area contributed by atoms with Gasteiger partial charge in [-0.3, -0.25) is 0 Å². The van der Waals surface area contributed by atoms with Crippen LogP contribution in [0.5, 0.6) is 0 Å². The zero-order valence-corrected chi connectivity index (χ0v) is 37.3. The molecule has 1 aliphatic carbocycles. The van der Waals surface area contributed by atoms with Crippen LogP contribution in [0.4, 0.5) is 0 Å². The van der Waals surface area contributed by atoms with Gasteiger partial charge in [-0.25, -0.2) is 0 Å². The monoisotopic (exact) mass is 852 g/mol. The van der Waals surface area contributed by atoms with E-state index in [1.807, 2.05) is 0 Å². The first-order valence-electron chi connectivity index (χ1n) is 23.4. The molecule has 0 unspecified atom stereocenters. The summed E-state index contributed by atoms with van der Waals surface area (Å²) < 4.78 is 4.86. The highest BCUT2D eigenvalue weighted by atomic mass is 15.0. The molecule has 0 amide bonds. The Morgan fingerprint density at radius 1 is 0.269 bits per heavy atom. The third kappa shape index (κ3) is 5.33. The Balaban J connectivity index is 1.13. The highest BCUT2D eigenvalue weighted by Crippen LogP contribution is 2.55. The molecular formula is C65H44N2. The molecule has 67 heavy (non-hydrogen) atoms. The maximum Gasteiger partial charge on any atom is 0.0547 e. The molecule has 0 fully saturated rings. The Hall–Kier alpha value is -8.46. The first kappa shape index (κ1) is 37.9. The summed E-state index contributed by atoms with van der Waals surface area (Å²) in [5.41, 5.74) is 19.9. The largest absolute Gasteiger partial charge is 0.309 e. The summed E-state index contributed by atoms with van der Waals surface area (Å²) in [7, 11) is 0. The molecule has 0 aliphatic heterocycles. The molecule has 314 valence electrons. The molecule has 13 aromatic rings. The zero-order chi connectivity index (χ0) is 44.4. The van der Waals surface area contributed by atoms with Gasteiger partial charge in [-0.1, -0.05) is 190 Å². The van der Waals surface area contributed by atoms with Crippen molar-refractivity contribution in [1.29, 1.82) is 0 Å². The predicted octanol–water partition coefficient (Wildman–Crippen LogP) is 17.5. The molecule has 0 saturated heterocycles. The first-order chi connectivity index (χ1) is 33.1. The molecule has 2 heteroatoms. The molecule has 0 radical (unpaired) electrons. The topological polar surface area (TPSA) is 9.86 Å². The van der Waals surface area contributed by atoms with Crippen LogP contribution in [-0.2, 0) is 5.41 Å². The van der Waals surface area contributed by atoms with Gasteiger partial charge in [-0.2, -0.15) is 0 Å². The summed E-state index contributed by atoms with van der Waals surface area (Å²) in [5.74, 6) is 0. The van der Waals surface area contributed by atoms with E-state index in [1.54, 1.807) is 0 Å². The molecular weight excluding hydrogens is 809 g/mol. The van der Waals surface area contributed by atoms with Crippen molar-refractivity contribution in [1.82, 2.24) is 9.13 Å². The molecule has 0 bridgehead atoms. The molecule has 2 aromatic heterocycles. The average Bonchev–Trinajstić information content (AvgIpc) is 3.99. The number of para-hydroxylation sites is 4. The van der Waals surface area contributed by atoms with Crippen LogP contribution < -0.4 is 0 Å². The fraction of sp³-hybridized carbons (Fsp3) is 0.0462. The van der Waals surface area contributed by atoms with E-state index in [0.29, 0.717) is 0 Å². The van der Waals surface area contributed by atoms with E-state index in [9.17, 15) is 0 Å². The number of hydrogen-bond donors (Lipinski definition) is 0. The lowest BCUT2D eigenvalue weighted by Crippen LogP contribution is -2.14. The summed E-state index contributed by atoms with van der Waals surface area (Å²) in [4.78, 5) is 0. The van der Waals surface area contributed by atoms with E-state index in [-0.39, 0.29) is 5.41 Å². The summed E-state index contributed by atoms with van der Waals surface area (Å²) in [6.45, 7) is 4.77. The van der Waals surface area contributed by atoms with Crippen LogP contribution in [0.15, 0.2) is 231 Å². The summed E-state index contributed by atoms with van der Waals surface area (Å²) in [6.07, 6.45) is 0. The molecule has 0 spiro atoms. The highest BCUT2D eigenvalue weighted by Gasteiger charge is 2.37. The fourth-order valence-corrected chi connectivity index (χ4v) is 12.1. The lowest BCUT2D eigenvalue weighted by atomic mass is 9.80. The van der Waals surface area contributed by atoms with Crippen LogP contribution in [0.3, 0.4) is 0 Å². The molecule has 0 N–H and O–H groups in total. The van der Waals surface area contributed by atoms with Gasteiger partial charge in [0.1, 0.15) is 0 Å². The number of fused-ring (bicyclic) bond motifs is 11. The Kier molecular flexibility index (Phi) is 8.06. The van der Waals surface area contributed by atoms with Crippen molar-refractivity contribution < 1.29 is 0 Å². The molecule has 0 atom stereocenters. The second kappa shape index (κ2) is 14.3. The molecule has 14 rings (SSSR count). The van der Waals surface area contributed by atoms with Crippen LogP contribution in [0.25, 0.3) is 121 Å². The van der Waals surface area contributed by atoms with Crippen LogP contribution in [0.1, 0.15) is 25.0 Å². The van der Waals surface area contributed by atoms with Gasteiger partial charge in [0.05, 0.1) is 22.1 Å². The minimum absolute atomic E-state index is 0.135. The van der Waals surface area contributed by atoms with Crippen LogP contribution >= 0.6 is 0 Å². The van der Waals surface area contributed by atoms with Gasteiger partial charge < -0.3 is 9.13 Å². The predicted molar refractivity (Wildman–Crippen MR) is 284 cm³/mol. The van der Waals surface area contributed by atoms with Crippen LogP contribution in [-0.4, -0.2) is 9.13 Å². The van der Waals surface area contributed by atoms with E-state index in [2.05, 4.69) is 254 Å². The van der Waals surface area contributed by atoms with Crippen molar-refractivity contribution in [2.75, 3.05) is 0 Å². The van der Waals surface area contributed by atoms with E-state index in [0.717, 1.165) is 11.4 Å². The third-order valence-electron chi connectivity index (χ3n) is 14.9. The molecule has 2 heterocycles. The van der Waals surface area contributed by atoms with Crippen molar-refractivity contribution in [3.63, 3.8) is 0 Å². The highest BCUT2D eigenvalue weighted by molar-refractivity contribution is 6.25. The van der Waals surface area contributed by atoms with E-state index in [4.69, 9.17) is 0 Å². The van der Waals surface area contributed by atoms with Gasteiger partial charge >= 0.3 is 0 Å². The average molecular weight is 853 g/mol. The van der Waals surface area contributed by atoms with Gasteiger partial charge in [-0.05, 0) is 132 Å². The summed E-state index contributed by atoms with van der Waals surface area (Å²) in [6, 6.07) is 85.7. The molecule has 0 saturated carbocycles. The van der Waals surface area contributed by atoms with Gasteiger partial charge in [-0.15, -0.1) is 0 Å². The van der Waals surface area contributed by atoms with E-state index < -0.39 is 0 Å². The smallest absolute Gasteiger partial charge is 0.0547 e. The van der Waals surface area contributed by atoms with Crippen molar-refractivity contribution in [2.45, 2.75) is 19.3 Å². The second-order valence-electron chi connectivity index (χ2n) is 18.7. The second-order valence-corrected chi connectivity index (χ2v) is 18.7. The SMILES string of the molecule is CC1(C)c2ccccc2-c2c(-c3c4cccc(-c5cccc6c5c5ccccc5n6-c5ccccc5)c4cc4c(-c5cccc6c5c5ccccc5n6-c5ccccc5)cccc34)cccc21. The van der Waals surface area contributed by atoms with Gasteiger partial charge in [0, 0.05) is 38.3 Å². The zero-order valence-electron chi connectivity index (χ0n) is 37.3. The number of benzene rings is 11. The number of hydrogen-bond acceptors (Lipinski definition) is 0. The molecule has 11 aromatic carbocycles. The van der Waals surface area contributed by atoms with Gasteiger partial charge in [0.25, 0.3) is 0 Å². The number of aromatic nitrogens is 2. The van der Waals surface area contributed by atoms with Crippen molar-refractivity contribution >= 4 is 65.2 Å². The standard InChI is InChI=1S/C65H44N2/c1-65(2)55-34-12-9-24-49(55)62-52(33-17-35-56(62)65)61-47-29-15-27-43(45-31-18-38-59-63(45)50-25-10-13-36-57(50)66(59)41-20-5-3-6-21-41)53(47)40-54-44(28-16-30-48(54)61)46-32-19-39-60-64(46)51-26-11-14-37-58(51)67(60)42-22-7-4-8-23-42/h3-40H,1-2H3. The number of rotatable bonds is 5. The lowest BCUT2D eigenvalue weighted by molar-refractivity contribution is 0.660. The quantitative estimate of drug-likeness (QED) is 0.153. The summed E-state index contributed by atoms with van der Waals surface area (Å²) in [5, 5.41) is 10.00. The fourth-order valence-electron chi connectivity index (χ4n) is 12.1. The Morgan fingerprint density at radius 3 is 1.22 bits per heavy atom. The lowest BCUT2D eigenvalue weighted by Gasteiger charge is -2.22. The van der Waals surface area contributed by atoms with E-state index >= 15 is 0 Å². The third-order valence-corrected chi connectivity index (χ3v) is 14.9. The van der Waals surface area contributed by atoms with Crippen LogP contribution in [0, 0.1) is 0 Å². The van der Waals surface area contributed by atoms with Gasteiger partial charge in [0.15, 0.2) is 0 Å². The minimum Gasteiger partial charge on any atom is -0.309 e. The van der Waals surface area contributed by atoms with E-state index in [1.165, 1.54) is 121 Å². The Labute approximate surface area is 389 Å². The molecule has 1 aliphatic rings. The van der Waals surface area contributed by atoms with Crippen molar-refractivity contribution in [3.8, 4) is 55.9 Å².